The van der Waals surface area contributed by atoms with Gasteiger partial charge in [-0.05, 0) is 25.8 Å². The molecule has 1 rings (SSSR count). The van der Waals surface area contributed by atoms with Crippen LogP contribution in [0.2, 0.25) is 0 Å². The molecule has 0 radical (unpaired) electrons. The quantitative estimate of drug-likeness (QED) is 0.649. The van der Waals surface area contributed by atoms with Crippen molar-refractivity contribution >= 4 is 22.6 Å². The first-order chi connectivity index (χ1) is 6.64. The highest BCUT2D eigenvalue weighted by atomic mass is 35.5. The lowest BCUT2D eigenvalue weighted by atomic mass is 10.1. The second-order valence-electron chi connectivity index (χ2n) is 3.56. The van der Waals surface area contributed by atoms with Crippen molar-refractivity contribution in [3.05, 3.63) is 0 Å². The van der Waals surface area contributed by atoms with Gasteiger partial charge < -0.3 is 5.32 Å². The number of piperidine rings is 1. The Morgan fingerprint density at radius 2 is 2.20 bits per heavy atom. The normalized spacial score (nSPS) is 22.1. The molecule has 0 amide bonds. The third kappa shape index (κ3) is 6.32. The Balaban J connectivity index is 0.00000196. The van der Waals surface area contributed by atoms with Gasteiger partial charge in [0.05, 0.1) is 0 Å². The summed E-state index contributed by atoms with van der Waals surface area (Å²) in [6, 6.07) is 0.0399. The Labute approximate surface area is 98.0 Å². The standard InChI is InChI=1S/C8H19N3O2S.ClH/c1-2-5-10-14(12,13)11-8-4-3-6-9-7-8;/h8-11H,2-7H2,1H3;1H/t8-;/m0./s1. The minimum Gasteiger partial charge on any atom is -0.315 e. The summed E-state index contributed by atoms with van der Waals surface area (Å²) in [6.07, 6.45) is 2.75. The van der Waals surface area contributed by atoms with E-state index in [1.807, 2.05) is 6.92 Å². The Kier molecular flexibility index (Phi) is 7.46. The van der Waals surface area contributed by atoms with Crippen molar-refractivity contribution in [1.29, 1.82) is 0 Å². The highest BCUT2D eigenvalue weighted by Gasteiger charge is 2.18. The number of hydrogen-bond donors (Lipinski definition) is 3. The van der Waals surface area contributed by atoms with Gasteiger partial charge in [-0.1, -0.05) is 6.92 Å². The minimum atomic E-state index is -3.28. The Morgan fingerprint density at radius 1 is 1.47 bits per heavy atom. The van der Waals surface area contributed by atoms with Crippen molar-refractivity contribution in [1.82, 2.24) is 14.8 Å². The fraction of sp³-hybridized carbons (Fsp3) is 1.00. The van der Waals surface area contributed by atoms with E-state index in [-0.39, 0.29) is 18.4 Å². The molecular formula is C8H20ClN3O2S. The minimum absolute atomic E-state index is 0. The number of halogens is 1. The van der Waals surface area contributed by atoms with Crippen molar-refractivity contribution in [3.8, 4) is 0 Å². The van der Waals surface area contributed by atoms with E-state index in [0.29, 0.717) is 6.54 Å². The molecule has 0 aliphatic carbocycles. The maximum Gasteiger partial charge on any atom is 0.277 e. The summed E-state index contributed by atoms with van der Waals surface area (Å²) in [4.78, 5) is 0. The van der Waals surface area contributed by atoms with Crippen LogP contribution in [-0.2, 0) is 10.2 Å². The van der Waals surface area contributed by atoms with Crippen LogP contribution in [0.15, 0.2) is 0 Å². The molecule has 3 N–H and O–H groups in total. The van der Waals surface area contributed by atoms with Gasteiger partial charge in [-0.25, -0.2) is 4.72 Å². The monoisotopic (exact) mass is 257 g/mol. The average molecular weight is 258 g/mol. The highest BCUT2D eigenvalue weighted by Crippen LogP contribution is 2.01. The SMILES string of the molecule is CCCNS(=O)(=O)N[C@H]1CCCNC1.Cl. The van der Waals surface area contributed by atoms with Crippen LogP contribution in [0.3, 0.4) is 0 Å². The van der Waals surface area contributed by atoms with Crippen molar-refractivity contribution in [3.63, 3.8) is 0 Å². The molecular weight excluding hydrogens is 238 g/mol. The summed E-state index contributed by atoms with van der Waals surface area (Å²) in [6.45, 7) is 4.15. The van der Waals surface area contributed by atoms with Crippen LogP contribution in [-0.4, -0.2) is 34.1 Å². The van der Waals surface area contributed by atoms with E-state index in [1.165, 1.54) is 0 Å². The van der Waals surface area contributed by atoms with Crippen molar-refractivity contribution in [2.45, 2.75) is 32.2 Å². The van der Waals surface area contributed by atoms with Gasteiger partial charge in [0.2, 0.25) is 0 Å². The van der Waals surface area contributed by atoms with E-state index in [0.717, 1.165) is 32.4 Å². The third-order valence-corrected chi connectivity index (χ3v) is 3.39. The van der Waals surface area contributed by atoms with Crippen LogP contribution in [0.1, 0.15) is 26.2 Å². The summed E-state index contributed by atoms with van der Waals surface area (Å²) in [5.41, 5.74) is 0. The van der Waals surface area contributed by atoms with Crippen LogP contribution in [0, 0.1) is 0 Å². The average Bonchev–Trinajstić information content (AvgIpc) is 2.16. The van der Waals surface area contributed by atoms with Gasteiger partial charge in [0, 0.05) is 19.1 Å². The molecule has 1 heterocycles. The smallest absolute Gasteiger partial charge is 0.277 e. The van der Waals surface area contributed by atoms with Gasteiger partial charge in [-0.15, -0.1) is 12.4 Å². The van der Waals surface area contributed by atoms with Crippen molar-refractivity contribution in [2.24, 2.45) is 0 Å². The zero-order valence-corrected chi connectivity index (χ0v) is 10.6. The second-order valence-corrected chi connectivity index (χ2v) is 5.09. The van der Waals surface area contributed by atoms with Crippen molar-refractivity contribution < 1.29 is 8.42 Å². The number of nitrogens with one attached hydrogen (secondary N) is 3. The molecule has 0 saturated carbocycles. The lowest BCUT2D eigenvalue weighted by molar-refractivity contribution is 0.426. The van der Waals surface area contributed by atoms with Crippen LogP contribution in [0.4, 0.5) is 0 Å². The van der Waals surface area contributed by atoms with E-state index in [1.54, 1.807) is 0 Å². The summed E-state index contributed by atoms with van der Waals surface area (Å²) in [5, 5.41) is 3.16. The van der Waals surface area contributed by atoms with E-state index in [2.05, 4.69) is 14.8 Å². The lowest BCUT2D eigenvalue weighted by Crippen LogP contribution is -2.49. The molecule has 15 heavy (non-hydrogen) atoms. The van der Waals surface area contributed by atoms with Crippen molar-refractivity contribution in [2.75, 3.05) is 19.6 Å². The van der Waals surface area contributed by atoms with E-state index in [4.69, 9.17) is 0 Å². The first-order valence-electron chi connectivity index (χ1n) is 5.11. The summed E-state index contributed by atoms with van der Waals surface area (Å²) < 4.78 is 27.9. The molecule has 0 bridgehead atoms. The van der Waals surface area contributed by atoms with E-state index in [9.17, 15) is 8.42 Å². The van der Waals surface area contributed by atoms with Gasteiger partial charge in [-0.2, -0.15) is 13.1 Å². The molecule has 1 aliphatic rings. The molecule has 1 saturated heterocycles. The number of hydrogen-bond acceptors (Lipinski definition) is 3. The summed E-state index contributed by atoms with van der Waals surface area (Å²) in [7, 11) is -3.28. The van der Waals surface area contributed by atoms with Gasteiger partial charge in [0.25, 0.3) is 10.2 Å². The molecule has 7 heteroatoms. The topological polar surface area (TPSA) is 70.2 Å². The second kappa shape index (κ2) is 7.40. The molecule has 0 spiro atoms. The Morgan fingerprint density at radius 3 is 2.73 bits per heavy atom. The fourth-order valence-electron chi connectivity index (χ4n) is 1.45. The zero-order chi connectivity index (χ0) is 10.4. The zero-order valence-electron chi connectivity index (χ0n) is 8.95. The highest BCUT2D eigenvalue weighted by molar-refractivity contribution is 7.87. The molecule has 0 unspecified atom stereocenters. The largest absolute Gasteiger partial charge is 0.315 e. The molecule has 0 aromatic heterocycles. The molecule has 0 aromatic carbocycles. The van der Waals surface area contributed by atoms with Crippen LogP contribution >= 0.6 is 12.4 Å². The van der Waals surface area contributed by atoms with E-state index >= 15 is 0 Å². The molecule has 0 aromatic rings. The molecule has 5 nitrogen and oxygen atoms in total. The molecule has 1 fully saturated rings. The Hall–Kier alpha value is 0.120. The summed E-state index contributed by atoms with van der Waals surface area (Å²) in [5.74, 6) is 0. The predicted molar refractivity (Wildman–Crippen MR) is 63.5 cm³/mol. The Bertz CT molecular complexity index is 253. The summed E-state index contributed by atoms with van der Waals surface area (Å²) >= 11 is 0. The predicted octanol–water partition coefficient (Wildman–Crippen LogP) is -0.00580. The van der Waals surface area contributed by atoms with Gasteiger partial charge in [0.1, 0.15) is 0 Å². The molecule has 1 aliphatic heterocycles. The van der Waals surface area contributed by atoms with Crippen LogP contribution < -0.4 is 14.8 Å². The van der Waals surface area contributed by atoms with Gasteiger partial charge in [-0.3, -0.25) is 0 Å². The van der Waals surface area contributed by atoms with E-state index < -0.39 is 10.2 Å². The lowest BCUT2D eigenvalue weighted by Gasteiger charge is -2.23. The van der Waals surface area contributed by atoms with Gasteiger partial charge >= 0.3 is 0 Å². The third-order valence-electron chi connectivity index (χ3n) is 2.16. The maximum absolute atomic E-state index is 11.4. The molecule has 92 valence electrons. The first-order valence-corrected chi connectivity index (χ1v) is 6.60. The van der Waals surface area contributed by atoms with Crippen LogP contribution in [0.5, 0.6) is 0 Å². The number of rotatable bonds is 5. The maximum atomic E-state index is 11.4. The van der Waals surface area contributed by atoms with Gasteiger partial charge in [0.15, 0.2) is 0 Å². The molecule has 1 atom stereocenters. The first kappa shape index (κ1) is 15.1. The van der Waals surface area contributed by atoms with Crippen LogP contribution in [0.25, 0.3) is 0 Å². The fourth-order valence-corrected chi connectivity index (χ4v) is 2.65.